The SMILES string of the molecule is O=C(O)Cc1c(-c2ccc3c(c2)OCCO3)oc2cc(O)c3c(=O)c(O)c(-c4ccc(O)c(O)c4)oc3c12. The van der Waals surface area contributed by atoms with Crippen molar-refractivity contribution in [2.45, 2.75) is 6.42 Å². The lowest BCUT2D eigenvalue weighted by Crippen LogP contribution is -2.15. The second-order valence-corrected chi connectivity index (χ2v) is 8.62. The van der Waals surface area contributed by atoms with E-state index in [1.54, 1.807) is 18.2 Å². The van der Waals surface area contributed by atoms with Crippen molar-refractivity contribution in [3.05, 3.63) is 58.3 Å². The molecule has 3 aromatic carbocycles. The number of hydrogen-bond acceptors (Lipinski definition) is 10. The van der Waals surface area contributed by atoms with Gasteiger partial charge in [0.25, 0.3) is 0 Å². The Kier molecular flexibility index (Phi) is 5.09. The highest BCUT2D eigenvalue weighted by Crippen LogP contribution is 2.45. The maximum Gasteiger partial charge on any atom is 0.307 e. The quantitative estimate of drug-likeness (QED) is 0.216. The normalized spacial score (nSPS) is 12.7. The molecule has 0 radical (unpaired) electrons. The Hall–Kier alpha value is -5.32. The van der Waals surface area contributed by atoms with Gasteiger partial charge in [-0.3, -0.25) is 9.59 Å². The van der Waals surface area contributed by atoms with Crippen LogP contribution in [0.3, 0.4) is 0 Å². The smallest absolute Gasteiger partial charge is 0.307 e. The van der Waals surface area contributed by atoms with Gasteiger partial charge in [-0.2, -0.15) is 0 Å². The van der Waals surface area contributed by atoms with E-state index in [1.165, 1.54) is 6.07 Å². The van der Waals surface area contributed by atoms with Crippen molar-refractivity contribution in [3.8, 4) is 57.1 Å². The fourth-order valence-electron chi connectivity index (χ4n) is 4.56. The van der Waals surface area contributed by atoms with E-state index >= 15 is 0 Å². The van der Waals surface area contributed by atoms with Crippen LogP contribution in [0.4, 0.5) is 0 Å². The molecule has 0 bridgehead atoms. The van der Waals surface area contributed by atoms with Crippen LogP contribution >= 0.6 is 0 Å². The Morgan fingerprint density at radius 3 is 2.21 bits per heavy atom. The van der Waals surface area contributed by atoms with E-state index in [-0.39, 0.29) is 44.6 Å². The van der Waals surface area contributed by atoms with E-state index in [0.717, 1.165) is 18.2 Å². The van der Waals surface area contributed by atoms with Gasteiger partial charge in [0.1, 0.15) is 35.7 Å². The first-order valence-corrected chi connectivity index (χ1v) is 11.3. The van der Waals surface area contributed by atoms with E-state index in [0.29, 0.717) is 30.3 Å². The van der Waals surface area contributed by atoms with Gasteiger partial charge < -0.3 is 43.8 Å². The van der Waals surface area contributed by atoms with Crippen molar-refractivity contribution in [2.24, 2.45) is 0 Å². The maximum absolute atomic E-state index is 13.2. The summed E-state index contributed by atoms with van der Waals surface area (Å²) in [5.41, 5.74) is -0.527. The highest BCUT2D eigenvalue weighted by molar-refractivity contribution is 6.10. The number of phenolic OH excluding ortho intramolecular Hbond substituents is 3. The van der Waals surface area contributed by atoms with Crippen LogP contribution in [0, 0.1) is 0 Å². The number of phenols is 3. The fourth-order valence-corrected chi connectivity index (χ4v) is 4.56. The Morgan fingerprint density at radius 2 is 1.47 bits per heavy atom. The van der Waals surface area contributed by atoms with Crippen LogP contribution in [0.5, 0.6) is 34.5 Å². The van der Waals surface area contributed by atoms with Crippen LogP contribution in [-0.2, 0) is 11.2 Å². The van der Waals surface area contributed by atoms with Gasteiger partial charge >= 0.3 is 5.97 Å². The lowest BCUT2D eigenvalue weighted by Gasteiger charge is -2.18. The van der Waals surface area contributed by atoms with Gasteiger partial charge in [-0.25, -0.2) is 0 Å². The molecule has 0 amide bonds. The monoisotopic (exact) mass is 518 g/mol. The summed E-state index contributed by atoms with van der Waals surface area (Å²) in [6.07, 6.45) is -0.531. The summed E-state index contributed by atoms with van der Waals surface area (Å²) in [6.45, 7) is 0.723. The van der Waals surface area contributed by atoms with Crippen molar-refractivity contribution in [2.75, 3.05) is 13.2 Å². The third-order valence-electron chi connectivity index (χ3n) is 6.24. The Labute approximate surface area is 211 Å². The van der Waals surface area contributed by atoms with Crippen LogP contribution in [0.15, 0.2) is 56.1 Å². The second kappa shape index (κ2) is 8.37. The summed E-state index contributed by atoms with van der Waals surface area (Å²) < 4.78 is 23.1. The Balaban J connectivity index is 1.69. The Bertz CT molecular complexity index is 1840. The van der Waals surface area contributed by atoms with Crippen LogP contribution in [0.25, 0.3) is 44.6 Å². The number of carboxylic acid groups (broad SMARTS) is 1. The zero-order valence-electron chi connectivity index (χ0n) is 19.3. The van der Waals surface area contributed by atoms with Gasteiger partial charge in [0.15, 0.2) is 34.3 Å². The van der Waals surface area contributed by atoms with E-state index in [2.05, 4.69) is 0 Å². The predicted octanol–water partition coefficient (Wildman–Crippen LogP) is 4.09. The van der Waals surface area contributed by atoms with Gasteiger partial charge in [-0.15, -0.1) is 0 Å². The molecule has 1 aliphatic heterocycles. The van der Waals surface area contributed by atoms with Gasteiger partial charge in [0, 0.05) is 22.8 Å². The van der Waals surface area contributed by atoms with Gasteiger partial charge in [0.05, 0.1) is 11.8 Å². The number of rotatable bonds is 4. The number of furan rings is 1. The number of hydrogen-bond donors (Lipinski definition) is 5. The van der Waals surface area contributed by atoms with Crippen molar-refractivity contribution in [3.63, 3.8) is 0 Å². The highest BCUT2D eigenvalue weighted by Gasteiger charge is 2.27. The molecule has 0 aliphatic carbocycles. The molecule has 0 atom stereocenters. The molecule has 192 valence electrons. The fraction of sp³-hybridized carbons (Fsp3) is 0.111. The number of benzene rings is 3. The molecule has 6 rings (SSSR count). The molecule has 0 saturated heterocycles. The van der Waals surface area contributed by atoms with Crippen LogP contribution < -0.4 is 14.9 Å². The first-order chi connectivity index (χ1) is 18.2. The summed E-state index contributed by atoms with van der Waals surface area (Å²) in [6, 6.07) is 9.61. The standard InChI is InChI=1S/C27H18O11/c28-14-3-1-11(7-15(14)29)26-24(34)23(33)22-16(30)10-19-21(27(22)38-26)13(9-20(31)32)25(37-19)12-2-4-17-18(8-12)36-6-5-35-17/h1-4,7-8,10,28-30,34H,5-6,9H2,(H,31,32). The van der Waals surface area contributed by atoms with Crippen molar-refractivity contribution >= 4 is 27.9 Å². The second-order valence-electron chi connectivity index (χ2n) is 8.62. The summed E-state index contributed by atoms with van der Waals surface area (Å²) in [7, 11) is 0. The first kappa shape index (κ1) is 23.1. The van der Waals surface area contributed by atoms with E-state index in [1.807, 2.05) is 0 Å². The van der Waals surface area contributed by atoms with E-state index in [9.17, 15) is 35.1 Å². The summed E-state index contributed by atoms with van der Waals surface area (Å²) in [5, 5.41) is 50.3. The molecule has 2 aromatic heterocycles. The number of aromatic hydroxyl groups is 4. The molecule has 38 heavy (non-hydrogen) atoms. The molecule has 5 aromatic rings. The largest absolute Gasteiger partial charge is 0.507 e. The van der Waals surface area contributed by atoms with Crippen molar-refractivity contribution in [1.29, 1.82) is 0 Å². The number of carbonyl (C=O) groups is 1. The molecular formula is C27H18O11. The zero-order valence-corrected chi connectivity index (χ0v) is 19.3. The number of fused-ring (bicyclic) bond motifs is 4. The van der Waals surface area contributed by atoms with Crippen molar-refractivity contribution in [1.82, 2.24) is 0 Å². The molecule has 1 aliphatic rings. The molecule has 0 spiro atoms. The average Bonchev–Trinajstić information content (AvgIpc) is 3.24. The minimum atomic E-state index is -1.20. The third-order valence-corrected chi connectivity index (χ3v) is 6.24. The lowest BCUT2D eigenvalue weighted by atomic mass is 10.00. The molecule has 0 fully saturated rings. The molecule has 0 saturated carbocycles. The minimum Gasteiger partial charge on any atom is -0.507 e. The Morgan fingerprint density at radius 1 is 0.763 bits per heavy atom. The van der Waals surface area contributed by atoms with Gasteiger partial charge in [-0.05, 0) is 36.4 Å². The number of aliphatic carboxylic acids is 1. The topological polar surface area (TPSA) is 180 Å². The summed E-state index contributed by atoms with van der Waals surface area (Å²) in [5.74, 6) is -2.83. The molecule has 3 heterocycles. The lowest BCUT2D eigenvalue weighted by molar-refractivity contribution is -0.136. The van der Waals surface area contributed by atoms with Gasteiger partial charge in [-0.1, -0.05) is 0 Å². The molecular weight excluding hydrogens is 500 g/mol. The van der Waals surface area contributed by atoms with Gasteiger partial charge in [0.2, 0.25) is 11.2 Å². The average molecular weight is 518 g/mol. The van der Waals surface area contributed by atoms with Crippen LogP contribution in [-0.4, -0.2) is 44.7 Å². The van der Waals surface area contributed by atoms with E-state index in [4.69, 9.17) is 18.3 Å². The van der Waals surface area contributed by atoms with Crippen LogP contribution in [0.1, 0.15) is 5.56 Å². The highest BCUT2D eigenvalue weighted by atomic mass is 16.6. The van der Waals surface area contributed by atoms with Crippen LogP contribution in [0.2, 0.25) is 0 Å². The number of carboxylic acids is 1. The minimum absolute atomic E-state index is 0.0319. The zero-order chi connectivity index (χ0) is 26.7. The molecule has 5 N–H and O–H groups in total. The number of ether oxygens (including phenoxy) is 2. The summed E-state index contributed by atoms with van der Waals surface area (Å²) in [4.78, 5) is 25.0. The first-order valence-electron chi connectivity index (χ1n) is 11.3. The van der Waals surface area contributed by atoms with Crippen molar-refractivity contribution < 1.29 is 48.6 Å². The molecule has 11 nitrogen and oxygen atoms in total. The summed E-state index contributed by atoms with van der Waals surface area (Å²) >= 11 is 0. The van der Waals surface area contributed by atoms with E-state index < -0.39 is 40.8 Å². The predicted molar refractivity (Wildman–Crippen MR) is 132 cm³/mol. The molecule has 11 heteroatoms. The molecule has 0 unspecified atom stereocenters. The third kappa shape index (κ3) is 3.52. The maximum atomic E-state index is 13.2.